The second kappa shape index (κ2) is 9.21. The van der Waals surface area contributed by atoms with Crippen molar-refractivity contribution in [2.75, 3.05) is 33.3 Å². The summed E-state index contributed by atoms with van der Waals surface area (Å²) in [6, 6.07) is -0.184. The maximum Gasteiger partial charge on any atom is 0.323 e. The third-order valence-corrected chi connectivity index (χ3v) is 4.44. The molecule has 1 rings (SSSR count). The van der Waals surface area contributed by atoms with E-state index in [0.29, 0.717) is 11.8 Å². The third-order valence-electron chi connectivity index (χ3n) is 4.44. The number of hydrogen-bond acceptors (Lipinski definition) is 4. The van der Waals surface area contributed by atoms with Crippen LogP contribution in [0.5, 0.6) is 0 Å². The first-order chi connectivity index (χ1) is 10.0. The first-order valence-electron chi connectivity index (χ1n) is 8.22. The zero-order valence-corrected chi connectivity index (χ0v) is 14.3. The lowest BCUT2D eigenvalue weighted by molar-refractivity contribution is -0.144. The maximum atomic E-state index is 12.1. The van der Waals surface area contributed by atoms with Gasteiger partial charge in [0.2, 0.25) is 0 Å². The van der Waals surface area contributed by atoms with Gasteiger partial charge in [0.15, 0.2) is 0 Å². The van der Waals surface area contributed by atoms with Crippen molar-refractivity contribution in [2.45, 2.75) is 46.6 Å². The zero-order valence-electron chi connectivity index (χ0n) is 14.3. The molecule has 3 atom stereocenters. The van der Waals surface area contributed by atoms with Gasteiger partial charge in [0.1, 0.15) is 6.04 Å². The Balaban J connectivity index is 2.60. The third kappa shape index (κ3) is 5.79. The molecule has 0 spiro atoms. The van der Waals surface area contributed by atoms with E-state index in [1.54, 1.807) is 0 Å². The topological polar surface area (TPSA) is 41.6 Å². The molecule has 0 amide bonds. The van der Waals surface area contributed by atoms with E-state index in [4.69, 9.17) is 4.74 Å². The molecule has 0 heterocycles. The molecular weight excluding hydrogens is 264 g/mol. The van der Waals surface area contributed by atoms with Crippen molar-refractivity contribution in [3.8, 4) is 0 Å². The summed E-state index contributed by atoms with van der Waals surface area (Å²) in [7, 11) is 1.48. The van der Waals surface area contributed by atoms with Crippen molar-refractivity contribution >= 4 is 5.97 Å². The van der Waals surface area contributed by atoms with Crippen LogP contribution in [0, 0.1) is 11.8 Å². The van der Waals surface area contributed by atoms with Gasteiger partial charge in [0, 0.05) is 13.1 Å². The first kappa shape index (κ1) is 18.2. The molecule has 4 nitrogen and oxygen atoms in total. The van der Waals surface area contributed by atoms with Crippen LogP contribution in [0.3, 0.4) is 0 Å². The average molecular weight is 296 g/mol. The van der Waals surface area contributed by atoms with Crippen molar-refractivity contribution in [2.24, 2.45) is 11.8 Å². The summed E-state index contributed by atoms with van der Waals surface area (Å²) in [5.41, 5.74) is 1.39. The smallest absolute Gasteiger partial charge is 0.323 e. The van der Waals surface area contributed by atoms with Gasteiger partial charge in [0.25, 0.3) is 0 Å². The predicted octanol–water partition coefficient (Wildman–Crippen LogP) is 2.45. The molecule has 1 aliphatic carbocycles. The van der Waals surface area contributed by atoms with E-state index in [-0.39, 0.29) is 12.0 Å². The van der Waals surface area contributed by atoms with Crippen LogP contribution in [0.15, 0.2) is 11.6 Å². The van der Waals surface area contributed by atoms with Crippen LogP contribution in [-0.2, 0) is 9.53 Å². The minimum atomic E-state index is -0.184. The number of nitrogens with one attached hydrogen (secondary N) is 1. The van der Waals surface area contributed by atoms with Crippen molar-refractivity contribution in [3.05, 3.63) is 11.6 Å². The number of ether oxygens (including phenoxy) is 1. The first-order valence-corrected chi connectivity index (χ1v) is 8.22. The maximum absolute atomic E-state index is 12.1. The summed E-state index contributed by atoms with van der Waals surface area (Å²) in [5.74, 6) is 0.760. The van der Waals surface area contributed by atoms with Gasteiger partial charge in [-0.2, -0.15) is 0 Å². The molecule has 0 aromatic heterocycles. The summed E-state index contributed by atoms with van der Waals surface area (Å²) in [5, 5.41) is 3.44. The SMILES string of the molecule is CCN(CC)CCNC(C(=O)OC)C1CC(C)=CC(C)C1. The molecule has 4 heteroatoms. The van der Waals surface area contributed by atoms with Crippen LogP contribution < -0.4 is 5.32 Å². The molecule has 0 saturated heterocycles. The number of nitrogens with zero attached hydrogens (tertiary/aromatic N) is 1. The standard InChI is InChI=1S/C17H32N2O2/c1-6-19(7-2)9-8-18-16(17(20)21-5)15-11-13(3)10-14(4)12-15/h10,13,15-16,18H,6-9,11-12H2,1-5H3. The van der Waals surface area contributed by atoms with Gasteiger partial charge < -0.3 is 15.0 Å². The molecule has 0 radical (unpaired) electrons. The Labute approximate surface area is 129 Å². The van der Waals surface area contributed by atoms with Crippen molar-refractivity contribution in [1.82, 2.24) is 10.2 Å². The highest BCUT2D eigenvalue weighted by Crippen LogP contribution is 2.30. The second-order valence-electron chi connectivity index (χ2n) is 6.17. The minimum absolute atomic E-state index is 0.124. The molecule has 0 bridgehead atoms. The summed E-state index contributed by atoms with van der Waals surface area (Å²) in [4.78, 5) is 14.5. The van der Waals surface area contributed by atoms with Crippen molar-refractivity contribution in [3.63, 3.8) is 0 Å². The number of carbonyl (C=O) groups is 1. The van der Waals surface area contributed by atoms with E-state index in [9.17, 15) is 4.79 Å². The zero-order chi connectivity index (χ0) is 15.8. The number of allylic oxidation sites excluding steroid dienone is 2. The number of rotatable bonds is 8. The highest BCUT2D eigenvalue weighted by Gasteiger charge is 2.31. The normalized spacial score (nSPS) is 23.8. The molecule has 3 unspecified atom stereocenters. The monoisotopic (exact) mass is 296 g/mol. The molecule has 0 aromatic carbocycles. The number of carbonyl (C=O) groups excluding carboxylic acids is 1. The van der Waals surface area contributed by atoms with Gasteiger partial charge in [-0.1, -0.05) is 32.4 Å². The molecule has 0 aromatic rings. The average Bonchev–Trinajstić information content (AvgIpc) is 2.45. The van der Waals surface area contributed by atoms with E-state index in [1.165, 1.54) is 12.7 Å². The minimum Gasteiger partial charge on any atom is -0.468 e. The number of esters is 1. The van der Waals surface area contributed by atoms with Gasteiger partial charge in [-0.15, -0.1) is 0 Å². The fourth-order valence-electron chi connectivity index (χ4n) is 3.34. The molecule has 122 valence electrons. The molecular formula is C17H32N2O2. The fraction of sp³-hybridized carbons (Fsp3) is 0.824. The van der Waals surface area contributed by atoms with Crippen LogP contribution in [0.4, 0.5) is 0 Å². The lowest BCUT2D eigenvalue weighted by Gasteiger charge is -2.32. The Morgan fingerprint density at radius 2 is 2.14 bits per heavy atom. The molecule has 1 N–H and O–H groups in total. The molecule has 1 aliphatic rings. The van der Waals surface area contributed by atoms with Gasteiger partial charge in [-0.3, -0.25) is 4.79 Å². The highest BCUT2D eigenvalue weighted by atomic mass is 16.5. The second-order valence-corrected chi connectivity index (χ2v) is 6.17. The van der Waals surface area contributed by atoms with Crippen LogP contribution >= 0.6 is 0 Å². The number of methoxy groups -OCH3 is 1. The predicted molar refractivity (Wildman–Crippen MR) is 87.2 cm³/mol. The van der Waals surface area contributed by atoms with E-state index < -0.39 is 0 Å². The summed E-state index contributed by atoms with van der Waals surface area (Å²) in [6.45, 7) is 12.6. The lowest BCUT2D eigenvalue weighted by Crippen LogP contribution is -2.47. The van der Waals surface area contributed by atoms with E-state index in [1.807, 2.05) is 0 Å². The quantitative estimate of drug-likeness (QED) is 0.552. The van der Waals surface area contributed by atoms with Gasteiger partial charge in [-0.05, 0) is 44.7 Å². The Morgan fingerprint density at radius 1 is 1.48 bits per heavy atom. The summed E-state index contributed by atoms with van der Waals surface area (Å²) >= 11 is 0. The van der Waals surface area contributed by atoms with Gasteiger partial charge >= 0.3 is 5.97 Å². The van der Waals surface area contributed by atoms with Crippen LogP contribution in [0.25, 0.3) is 0 Å². The van der Waals surface area contributed by atoms with Crippen molar-refractivity contribution < 1.29 is 9.53 Å². The van der Waals surface area contributed by atoms with Crippen LogP contribution in [0.1, 0.15) is 40.5 Å². The van der Waals surface area contributed by atoms with Crippen LogP contribution in [0.2, 0.25) is 0 Å². The van der Waals surface area contributed by atoms with E-state index >= 15 is 0 Å². The Kier molecular flexibility index (Phi) is 7.97. The molecule has 21 heavy (non-hydrogen) atoms. The summed E-state index contributed by atoms with van der Waals surface area (Å²) in [6.07, 6.45) is 4.36. The highest BCUT2D eigenvalue weighted by molar-refractivity contribution is 5.76. The van der Waals surface area contributed by atoms with Gasteiger partial charge in [-0.25, -0.2) is 0 Å². The Bertz CT molecular complexity index is 351. The summed E-state index contributed by atoms with van der Waals surface area (Å²) < 4.78 is 5.01. The molecule has 0 aliphatic heterocycles. The molecule has 0 saturated carbocycles. The molecule has 0 fully saturated rings. The lowest BCUT2D eigenvalue weighted by atomic mass is 9.79. The Hall–Kier alpha value is -0.870. The van der Waals surface area contributed by atoms with E-state index in [2.05, 4.69) is 44.0 Å². The number of likely N-dealkylation sites (N-methyl/N-ethyl adjacent to an activating group) is 1. The van der Waals surface area contributed by atoms with Crippen LogP contribution in [-0.4, -0.2) is 50.2 Å². The Morgan fingerprint density at radius 3 is 2.67 bits per heavy atom. The van der Waals surface area contributed by atoms with Gasteiger partial charge in [0.05, 0.1) is 7.11 Å². The largest absolute Gasteiger partial charge is 0.468 e. The fourth-order valence-corrected chi connectivity index (χ4v) is 3.34. The van der Waals surface area contributed by atoms with Crippen molar-refractivity contribution in [1.29, 1.82) is 0 Å². The number of hydrogen-bond donors (Lipinski definition) is 1. The van der Waals surface area contributed by atoms with E-state index in [0.717, 1.165) is 39.0 Å².